The molecule has 0 aliphatic heterocycles. The third-order valence-corrected chi connectivity index (χ3v) is 5.73. The van der Waals surface area contributed by atoms with Gasteiger partial charge in [-0.1, -0.05) is 61.0 Å². The molecule has 0 spiro atoms. The fourth-order valence-corrected chi connectivity index (χ4v) is 3.50. The van der Waals surface area contributed by atoms with Gasteiger partial charge in [-0.3, -0.25) is 4.79 Å². The van der Waals surface area contributed by atoms with E-state index < -0.39 is 10.0 Å². The first kappa shape index (κ1) is 21.1. The minimum atomic E-state index is -3.51. The standard InChI is InChI=1S/C21H28N2O3S/c1-5-18-10-12-20(13-11-18)17(3)22-21(24)15-23(27(4,25)26)14-19-8-6-16(2)7-9-19/h6-13,17H,5,14-15H2,1-4H3,(H,22,24). The molecule has 0 bridgehead atoms. The molecule has 1 N–H and O–H groups in total. The lowest BCUT2D eigenvalue weighted by Gasteiger charge is -2.21. The number of amides is 1. The van der Waals surface area contributed by atoms with Crippen molar-refractivity contribution >= 4 is 15.9 Å². The van der Waals surface area contributed by atoms with Gasteiger partial charge in [0, 0.05) is 6.54 Å². The van der Waals surface area contributed by atoms with Crippen LogP contribution in [0.25, 0.3) is 0 Å². The van der Waals surface area contributed by atoms with Crippen LogP contribution in [0, 0.1) is 6.92 Å². The lowest BCUT2D eigenvalue weighted by Crippen LogP contribution is -2.40. The maximum atomic E-state index is 12.4. The van der Waals surface area contributed by atoms with Crippen LogP contribution in [0.3, 0.4) is 0 Å². The Morgan fingerprint density at radius 3 is 2.11 bits per heavy atom. The van der Waals surface area contributed by atoms with Crippen LogP contribution in [0.1, 0.15) is 42.1 Å². The molecule has 2 aromatic carbocycles. The molecular formula is C21H28N2O3S. The molecule has 0 heterocycles. The minimum absolute atomic E-state index is 0.173. The number of carbonyl (C=O) groups excluding carboxylic acids is 1. The lowest BCUT2D eigenvalue weighted by atomic mass is 10.1. The van der Waals surface area contributed by atoms with Crippen LogP contribution in [-0.2, 0) is 27.8 Å². The average Bonchev–Trinajstić information content (AvgIpc) is 2.62. The summed E-state index contributed by atoms with van der Waals surface area (Å²) in [5, 5.41) is 2.89. The van der Waals surface area contributed by atoms with Gasteiger partial charge in [-0.15, -0.1) is 0 Å². The Labute approximate surface area is 162 Å². The van der Waals surface area contributed by atoms with Crippen molar-refractivity contribution in [2.75, 3.05) is 12.8 Å². The number of nitrogens with one attached hydrogen (secondary N) is 1. The van der Waals surface area contributed by atoms with E-state index in [1.165, 1.54) is 9.87 Å². The van der Waals surface area contributed by atoms with Crippen LogP contribution >= 0.6 is 0 Å². The van der Waals surface area contributed by atoms with Gasteiger partial charge in [0.15, 0.2) is 0 Å². The second-order valence-electron chi connectivity index (χ2n) is 6.90. The molecule has 0 saturated carbocycles. The van der Waals surface area contributed by atoms with E-state index in [1.54, 1.807) is 0 Å². The summed E-state index contributed by atoms with van der Waals surface area (Å²) in [4.78, 5) is 12.4. The van der Waals surface area contributed by atoms with Crippen LogP contribution in [-0.4, -0.2) is 31.4 Å². The van der Waals surface area contributed by atoms with Crippen LogP contribution in [0.4, 0.5) is 0 Å². The van der Waals surface area contributed by atoms with Gasteiger partial charge in [-0.05, 0) is 37.0 Å². The Bertz CT molecular complexity index is 859. The van der Waals surface area contributed by atoms with Crippen LogP contribution in [0.2, 0.25) is 0 Å². The maximum absolute atomic E-state index is 12.4. The second kappa shape index (κ2) is 9.15. The van der Waals surface area contributed by atoms with Crippen LogP contribution in [0.5, 0.6) is 0 Å². The summed E-state index contributed by atoms with van der Waals surface area (Å²) in [5.74, 6) is -0.320. The number of sulfonamides is 1. The summed E-state index contributed by atoms with van der Waals surface area (Å²) in [6.45, 7) is 5.92. The van der Waals surface area contributed by atoms with E-state index >= 15 is 0 Å². The van der Waals surface area contributed by atoms with Crippen molar-refractivity contribution in [1.29, 1.82) is 0 Å². The average molecular weight is 389 g/mol. The van der Waals surface area contributed by atoms with E-state index in [0.29, 0.717) is 0 Å². The summed E-state index contributed by atoms with van der Waals surface area (Å²) in [7, 11) is -3.51. The molecule has 0 saturated heterocycles. The van der Waals surface area contributed by atoms with Gasteiger partial charge < -0.3 is 5.32 Å². The predicted molar refractivity (Wildman–Crippen MR) is 109 cm³/mol. The molecule has 1 atom stereocenters. The number of hydrogen-bond acceptors (Lipinski definition) is 3. The van der Waals surface area contributed by atoms with Crippen molar-refractivity contribution in [3.8, 4) is 0 Å². The van der Waals surface area contributed by atoms with Crippen molar-refractivity contribution in [1.82, 2.24) is 9.62 Å². The van der Waals surface area contributed by atoms with E-state index in [0.717, 1.165) is 29.4 Å². The molecule has 2 rings (SSSR count). The fourth-order valence-electron chi connectivity index (χ4n) is 2.76. The van der Waals surface area contributed by atoms with E-state index in [1.807, 2.05) is 62.4 Å². The summed E-state index contributed by atoms with van der Waals surface area (Å²) in [5.41, 5.74) is 4.18. The molecule has 0 fully saturated rings. The first-order valence-electron chi connectivity index (χ1n) is 9.08. The fraction of sp³-hybridized carbons (Fsp3) is 0.381. The van der Waals surface area contributed by atoms with Crippen LogP contribution in [0.15, 0.2) is 48.5 Å². The van der Waals surface area contributed by atoms with E-state index in [2.05, 4.69) is 12.2 Å². The molecule has 0 radical (unpaired) electrons. The minimum Gasteiger partial charge on any atom is -0.348 e. The largest absolute Gasteiger partial charge is 0.348 e. The first-order chi connectivity index (χ1) is 12.7. The maximum Gasteiger partial charge on any atom is 0.235 e. The van der Waals surface area contributed by atoms with Gasteiger partial charge in [0.25, 0.3) is 0 Å². The van der Waals surface area contributed by atoms with Crippen molar-refractivity contribution in [2.24, 2.45) is 0 Å². The molecule has 146 valence electrons. The molecule has 27 heavy (non-hydrogen) atoms. The topological polar surface area (TPSA) is 66.5 Å². The van der Waals surface area contributed by atoms with Gasteiger partial charge in [0.2, 0.25) is 15.9 Å². The highest BCUT2D eigenvalue weighted by Gasteiger charge is 2.21. The van der Waals surface area contributed by atoms with Crippen molar-refractivity contribution in [3.05, 3.63) is 70.8 Å². The van der Waals surface area contributed by atoms with Crippen molar-refractivity contribution in [2.45, 2.75) is 39.8 Å². The number of benzene rings is 2. The smallest absolute Gasteiger partial charge is 0.235 e. The monoisotopic (exact) mass is 388 g/mol. The Morgan fingerprint density at radius 1 is 1.04 bits per heavy atom. The molecule has 1 unspecified atom stereocenters. The summed E-state index contributed by atoms with van der Waals surface area (Å²) in [6, 6.07) is 15.5. The highest BCUT2D eigenvalue weighted by Crippen LogP contribution is 2.14. The van der Waals surface area contributed by atoms with Gasteiger partial charge in [0.1, 0.15) is 0 Å². The summed E-state index contributed by atoms with van der Waals surface area (Å²) >= 11 is 0. The molecule has 6 heteroatoms. The zero-order chi connectivity index (χ0) is 20.0. The molecule has 1 amide bonds. The molecule has 5 nitrogen and oxygen atoms in total. The van der Waals surface area contributed by atoms with E-state index in [-0.39, 0.29) is 25.0 Å². The van der Waals surface area contributed by atoms with Crippen molar-refractivity contribution in [3.63, 3.8) is 0 Å². The van der Waals surface area contributed by atoms with Crippen molar-refractivity contribution < 1.29 is 13.2 Å². The van der Waals surface area contributed by atoms with Gasteiger partial charge in [0.05, 0.1) is 18.8 Å². The van der Waals surface area contributed by atoms with E-state index in [4.69, 9.17) is 0 Å². The van der Waals surface area contributed by atoms with Gasteiger partial charge in [-0.2, -0.15) is 4.31 Å². The normalized spacial score (nSPS) is 12.8. The third-order valence-electron chi connectivity index (χ3n) is 4.53. The summed E-state index contributed by atoms with van der Waals surface area (Å²) < 4.78 is 25.4. The second-order valence-corrected chi connectivity index (χ2v) is 8.88. The highest BCUT2D eigenvalue weighted by atomic mass is 32.2. The van der Waals surface area contributed by atoms with Gasteiger partial charge >= 0.3 is 0 Å². The first-order valence-corrected chi connectivity index (χ1v) is 10.9. The number of rotatable bonds is 8. The molecule has 0 aromatic heterocycles. The molecule has 0 aliphatic rings. The molecule has 0 aliphatic carbocycles. The zero-order valence-electron chi connectivity index (χ0n) is 16.4. The molecular weight excluding hydrogens is 360 g/mol. The number of aryl methyl sites for hydroxylation is 2. The Morgan fingerprint density at radius 2 is 1.59 bits per heavy atom. The lowest BCUT2D eigenvalue weighted by molar-refractivity contribution is -0.122. The SMILES string of the molecule is CCc1ccc(C(C)NC(=O)CN(Cc2ccc(C)cc2)S(C)(=O)=O)cc1. The van der Waals surface area contributed by atoms with Crippen LogP contribution < -0.4 is 5.32 Å². The summed E-state index contributed by atoms with van der Waals surface area (Å²) in [6.07, 6.45) is 2.09. The van der Waals surface area contributed by atoms with Gasteiger partial charge in [-0.25, -0.2) is 8.42 Å². The highest BCUT2D eigenvalue weighted by molar-refractivity contribution is 7.88. The molecule has 2 aromatic rings. The Balaban J connectivity index is 2.03. The third kappa shape index (κ3) is 6.48. The Hall–Kier alpha value is -2.18. The van der Waals surface area contributed by atoms with E-state index in [9.17, 15) is 13.2 Å². The predicted octanol–water partition coefficient (Wildman–Crippen LogP) is 3.20. The number of carbonyl (C=O) groups is 1. The number of hydrogen-bond donors (Lipinski definition) is 1. The Kier molecular flexibility index (Phi) is 7.16. The number of nitrogens with zero attached hydrogens (tertiary/aromatic N) is 1. The quantitative estimate of drug-likeness (QED) is 0.755. The zero-order valence-corrected chi connectivity index (χ0v) is 17.2.